The average Bonchev–Trinajstić information content (AvgIpc) is 3.22. The number of carbonyl (C=O) groups is 2. The molecule has 0 aromatic heterocycles. The van der Waals surface area contributed by atoms with Crippen molar-refractivity contribution in [1.82, 2.24) is 10.2 Å². The molecule has 0 atom stereocenters. The second-order valence-electron chi connectivity index (χ2n) is 7.14. The van der Waals surface area contributed by atoms with Crippen LogP contribution in [0.25, 0.3) is 6.08 Å². The molecule has 2 aromatic carbocycles. The lowest BCUT2D eigenvalue weighted by Crippen LogP contribution is -2.33. The van der Waals surface area contributed by atoms with Gasteiger partial charge in [-0.25, -0.2) is 0 Å². The molecule has 0 radical (unpaired) electrons. The topological polar surface area (TPSA) is 61.4 Å². The highest BCUT2D eigenvalue weighted by molar-refractivity contribution is 8.04. The van der Waals surface area contributed by atoms with E-state index in [1.807, 2.05) is 30.3 Å². The molecule has 4 rings (SSSR count). The average molecular weight is 428 g/mol. The molecule has 2 amide bonds. The van der Waals surface area contributed by atoms with Crippen LogP contribution in [-0.2, 0) is 4.79 Å². The van der Waals surface area contributed by atoms with Crippen molar-refractivity contribution in [2.45, 2.75) is 17.7 Å². The van der Waals surface area contributed by atoms with E-state index in [9.17, 15) is 9.59 Å². The van der Waals surface area contributed by atoms with Gasteiger partial charge >= 0.3 is 0 Å². The minimum atomic E-state index is -0.186. The highest BCUT2D eigenvalue weighted by Gasteiger charge is 2.22. The number of carbonyl (C=O) groups excluding carboxylic acids is 2. The second-order valence-corrected chi connectivity index (χ2v) is 8.66. The summed E-state index contributed by atoms with van der Waals surface area (Å²) in [6.07, 6.45) is 4.29. The quantitative estimate of drug-likeness (QED) is 0.700. The number of likely N-dealkylation sites (tertiary alicyclic amines) is 1. The predicted octanol–water partition coefficient (Wildman–Crippen LogP) is 4.25. The van der Waals surface area contributed by atoms with Gasteiger partial charge in [-0.2, -0.15) is 0 Å². The molecular weight excluding hydrogens is 406 g/mol. The van der Waals surface area contributed by atoms with Crippen molar-refractivity contribution in [2.75, 3.05) is 31.5 Å². The van der Waals surface area contributed by atoms with Gasteiger partial charge in [0.15, 0.2) is 0 Å². The lowest BCUT2D eigenvalue weighted by molar-refractivity contribution is -0.112. The molecular formula is C22H22ClN3O2S. The van der Waals surface area contributed by atoms with Crippen molar-refractivity contribution in [1.29, 1.82) is 0 Å². The van der Waals surface area contributed by atoms with Crippen LogP contribution in [0.2, 0.25) is 5.02 Å². The number of hydrogen-bond acceptors (Lipinski definition) is 4. The van der Waals surface area contributed by atoms with Crippen LogP contribution in [0, 0.1) is 0 Å². The van der Waals surface area contributed by atoms with Gasteiger partial charge in [-0.3, -0.25) is 9.59 Å². The summed E-state index contributed by atoms with van der Waals surface area (Å²) in [4.78, 5) is 28.8. The van der Waals surface area contributed by atoms with Crippen molar-refractivity contribution in [3.05, 3.63) is 63.5 Å². The lowest BCUT2D eigenvalue weighted by Gasteiger charge is -2.20. The number of amides is 2. The Hall–Kier alpha value is -2.28. The Balaban J connectivity index is 1.42. The molecule has 2 N–H and O–H groups in total. The van der Waals surface area contributed by atoms with Crippen LogP contribution < -0.4 is 10.6 Å². The smallest absolute Gasteiger partial charge is 0.262 e. The zero-order valence-corrected chi connectivity index (χ0v) is 17.5. The molecule has 1 saturated heterocycles. The molecule has 0 aliphatic carbocycles. The predicted molar refractivity (Wildman–Crippen MR) is 118 cm³/mol. The van der Waals surface area contributed by atoms with Gasteiger partial charge in [-0.1, -0.05) is 35.5 Å². The number of thioether (sulfide) groups is 1. The van der Waals surface area contributed by atoms with Gasteiger partial charge in [-0.15, -0.1) is 0 Å². The summed E-state index contributed by atoms with van der Waals surface area (Å²) in [6.45, 7) is 3.73. The second kappa shape index (κ2) is 9.03. The first-order chi connectivity index (χ1) is 14.1. The number of hydrogen-bond donors (Lipinski definition) is 2. The summed E-state index contributed by atoms with van der Waals surface area (Å²) in [7, 11) is 0. The molecule has 2 aliphatic rings. The Morgan fingerprint density at radius 2 is 2.03 bits per heavy atom. The van der Waals surface area contributed by atoms with E-state index in [4.69, 9.17) is 11.6 Å². The first kappa shape index (κ1) is 20.0. The maximum Gasteiger partial charge on any atom is 0.262 e. The molecule has 0 saturated carbocycles. The molecule has 2 aromatic rings. The Bertz CT molecular complexity index is 970. The zero-order chi connectivity index (χ0) is 20.2. The van der Waals surface area contributed by atoms with Crippen LogP contribution in [0.4, 0.5) is 5.69 Å². The number of nitrogens with one attached hydrogen (secondary N) is 2. The monoisotopic (exact) mass is 427 g/mol. The summed E-state index contributed by atoms with van der Waals surface area (Å²) < 4.78 is 0. The van der Waals surface area contributed by atoms with Crippen molar-refractivity contribution in [2.24, 2.45) is 0 Å². The normalized spacial score (nSPS) is 17.8. The van der Waals surface area contributed by atoms with Crippen molar-refractivity contribution >= 4 is 46.9 Å². The van der Waals surface area contributed by atoms with E-state index in [2.05, 4.69) is 15.5 Å². The van der Waals surface area contributed by atoms with Gasteiger partial charge in [0.25, 0.3) is 11.8 Å². The fourth-order valence-electron chi connectivity index (χ4n) is 3.49. The summed E-state index contributed by atoms with van der Waals surface area (Å²) in [5.41, 5.74) is 2.08. The fraction of sp³-hybridized carbons (Fsp3) is 0.273. The van der Waals surface area contributed by atoms with E-state index in [1.54, 1.807) is 18.2 Å². The largest absolute Gasteiger partial charge is 0.351 e. The highest BCUT2D eigenvalue weighted by Crippen LogP contribution is 2.39. The Morgan fingerprint density at radius 1 is 1.21 bits per heavy atom. The third-order valence-corrected chi connectivity index (χ3v) is 6.33. The SMILES string of the molecule is O=C1Nc2cc(C(=O)NCCN3CCCC3)ccc2SC1=Cc1cccc(Cl)c1. The number of nitrogens with zero attached hydrogens (tertiary/aromatic N) is 1. The summed E-state index contributed by atoms with van der Waals surface area (Å²) >= 11 is 7.41. The molecule has 150 valence electrons. The van der Waals surface area contributed by atoms with Crippen LogP contribution in [0.5, 0.6) is 0 Å². The first-order valence-corrected chi connectivity index (χ1v) is 10.9. The number of benzene rings is 2. The summed E-state index contributed by atoms with van der Waals surface area (Å²) in [6, 6.07) is 12.8. The van der Waals surface area contributed by atoms with Crippen LogP contribution >= 0.6 is 23.4 Å². The molecule has 0 bridgehead atoms. The molecule has 1 fully saturated rings. The minimum Gasteiger partial charge on any atom is -0.351 e. The number of fused-ring (bicyclic) bond motifs is 1. The van der Waals surface area contributed by atoms with E-state index >= 15 is 0 Å². The third-order valence-electron chi connectivity index (χ3n) is 4.99. The van der Waals surface area contributed by atoms with Gasteiger partial charge in [0.2, 0.25) is 0 Å². The van der Waals surface area contributed by atoms with Gasteiger partial charge in [0, 0.05) is 28.6 Å². The van der Waals surface area contributed by atoms with Crippen LogP contribution in [0.1, 0.15) is 28.8 Å². The summed E-state index contributed by atoms with van der Waals surface area (Å²) in [5, 5.41) is 6.48. The van der Waals surface area contributed by atoms with Crippen LogP contribution in [0.15, 0.2) is 52.3 Å². The van der Waals surface area contributed by atoms with E-state index in [-0.39, 0.29) is 11.8 Å². The molecule has 29 heavy (non-hydrogen) atoms. The molecule has 0 spiro atoms. The van der Waals surface area contributed by atoms with Gasteiger partial charge in [0.05, 0.1) is 10.6 Å². The third kappa shape index (κ3) is 5.01. The van der Waals surface area contributed by atoms with E-state index in [0.717, 1.165) is 30.1 Å². The Labute approximate surface area is 179 Å². The Kier molecular flexibility index (Phi) is 6.23. The van der Waals surface area contributed by atoms with E-state index in [0.29, 0.717) is 27.7 Å². The van der Waals surface area contributed by atoms with E-state index in [1.165, 1.54) is 24.6 Å². The number of anilines is 1. The van der Waals surface area contributed by atoms with Crippen LogP contribution in [-0.4, -0.2) is 42.9 Å². The van der Waals surface area contributed by atoms with Gasteiger partial charge in [0.1, 0.15) is 0 Å². The van der Waals surface area contributed by atoms with Gasteiger partial charge in [-0.05, 0) is 67.9 Å². The lowest BCUT2D eigenvalue weighted by atomic mass is 10.1. The minimum absolute atomic E-state index is 0.119. The molecule has 5 nitrogen and oxygen atoms in total. The summed E-state index contributed by atoms with van der Waals surface area (Å²) in [5.74, 6) is -0.305. The highest BCUT2D eigenvalue weighted by atomic mass is 35.5. The fourth-order valence-corrected chi connectivity index (χ4v) is 4.62. The maximum atomic E-state index is 12.5. The maximum absolute atomic E-state index is 12.5. The Morgan fingerprint density at radius 3 is 2.83 bits per heavy atom. The number of halogens is 1. The molecule has 2 heterocycles. The molecule has 7 heteroatoms. The van der Waals surface area contributed by atoms with E-state index < -0.39 is 0 Å². The first-order valence-electron chi connectivity index (χ1n) is 9.69. The van der Waals surface area contributed by atoms with Crippen molar-refractivity contribution in [3.63, 3.8) is 0 Å². The molecule has 0 unspecified atom stereocenters. The van der Waals surface area contributed by atoms with Crippen LogP contribution in [0.3, 0.4) is 0 Å². The van der Waals surface area contributed by atoms with Crippen molar-refractivity contribution < 1.29 is 9.59 Å². The number of rotatable bonds is 5. The van der Waals surface area contributed by atoms with Gasteiger partial charge < -0.3 is 15.5 Å². The zero-order valence-electron chi connectivity index (χ0n) is 15.9. The molecule has 2 aliphatic heterocycles. The van der Waals surface area contributed by atoms with Crippen molar-refractivity contribution in [3.8, 4) is 0 Å². The standard InChI is InChI=1S/C22H22ClN3O2S/c23-17-5-3-4-15(12-17)13-20-22(28)25-18-14-16(6-7-19(18)29-20)21(27)24-8-11-26-9-1-2-10-26/h3-7,12-14H,1-2,8-11H2,(H,24,27)(H,25,28).